The summed E-state index contributed by atoms with van der Waals surface area (Å²) in [4.78, 5) is 5.59. The van der Waals surface area contributed by atoms with Crippen molar-refractivity contribution < 1.29 is 0 Å². The maximum Gasteiger partial charge on any atom is 0.0146 e. The maximum absolute atomic E-state index is 3.70. The zero-order valence-corrected chi connectivity index (χ0v) is 12.0. The van der Waals surface area contributed by atoms with Crippen molar-refractivity contribution in [1.82, 2.24) is 9.80 Å². The second kappa shape index (κ2) is 6.87. The molecule has 2 nitrogen and oxygen atoms in total. The van der Waals surface area contributed by atoms with Gasteiger partial charge >= 0.3 is 0 Å². The molecule has 1 heterocycles. The molecule has 1 unspecified atom stereocenters. The van der Waals surface area contributed by atoms with Crippen LogP contribution in [0.2, 0.25) is 0 Å². The van der Waals surface area contributed by atoms with Crippen LogP contribution in [0.4, 0.5) is 0 Å². The Morgan fingerprint density at radius 3 is 2.40 bits per heavy atom. The lowest BCUT2D eigenvalue weighted by atomic mass is 9.94. The highest BCUT2D eigenvalue weighted by atomic mass is 79.9. The third-order valence-electron chi connectivity index (χ3n) is 3.36. The monoisotopic (exact) mass is 276 g/mol. The van der Waals surface area contributed by atoms with Gasteiger partial charge in [0.05, 0.1) is 0 Å². The molecule has 0 aromatic carbocycles. The molecule has 1 saturated heterocycles. The topological polar surface area (TPSA) is 6.48 Å². The van der Waals surface area contributed by atoms with Crippen LogP contribution in [0.3, 0.4) is 0 Å². The van der Waals surface area contributed by atoms with E-state index in [1.807, 2.05) is 0 Å². The van der Waals surface area contributed by atoms with E-state index in [9.17, 15) is 0 Å². The quantitative estimate of drug-likeness (QED) is 0.712. The van der Waals surface area contributed by atoms with Crippen molar-refractivity contribution in [3.63, 3.8) is 0 Å². The number of hydrogen-bond donors (Lipinski definition) is 0. The van der Waals surface area contributed by atoms with Gasteiger partial charge in [-0.2, -0.15) is 0 Å². The van der Waals surface area contributed by atoms with Gasteiger partial charge in [-0.05, 0) is 65.5 Å². The molecule has 0 bridgehead atoms. The Bertz CT molecular complexity index is 160. The Morgan fingerprint density at radius 1 is 1.33 bits per heavy atom. The fourth-order valence-corrected chi connectivity index (χ4v) is 2.78. The number of alkyl halides is 1. The largest absolute Gasteiger partial charge is 0.309 e. The molecule has 1 rings (SSSR count). The minimum absolute atomic E-state index is 0.696. The molecule has 0 aromatic rings. The number of likely N-dealkylation sites (tertiary alicyclic amines) is 1. The van der Waals surface area contributed by atoms with E-state index in [2.05, 4.69) is 46.7 Å². The van der Waals surface area contributed by atoms with Gasteiger partial charge in [0.1, 0.15) is 0 Å². The predicted molar refractivity (Wildman–Crippen MR) is 70.7 cm³/mol. The van der Waals surface area contributed by atoms with Crippen LogP contribution in [0, 0.1) is 5.92 Å². The average molecular weight is 277 g/mol. The van der Waals surface area contributed by atoms with Crippen molar-refractivity contribution in [2.45, 2.75) is 31.0 Å². The van der Waals surface area contributed by atoms with Gasteiger partial charge in [-0.15, -0.1) is 0 Å². The number of halogens is 1. The molecule has 0 N–H and O–H groups in total. The predicted octanol–water partition coefficient (Wildman–Crippen LogP) is 2.43. The third kappa shape index (κ3) is 5.32. The summed E-state index contributed by atoms with van der Waals surface area (Å²) in [6.45, 7) is 7.38. The molecular weight excluding hydrogens is 252 g/mol. The highest BCUT2D eigenvalue weighted by Gasteiger charge is 2.21. The number of nitrogens with zero attached hydrogens (tertiary/aromatic N) is 2. The smallest absolute Gasteiger partial charge is 0.0146 e. The lowest BCUT2D eigenvalue weighted by molar-refractivity contribution is 0.178. The summed E-state index contributed by atoms with van der Waals surface area (Å²) in [7, 11) is 4.30. The SMILES string of the molecule is CC(Br)C1CCN(CCCN(C)C)CC1. The van der Waals surface area contributed by atoms with E-state index in [1.165, 1.54) is 45.4 Å². The van der Waals surface area contributed by atoms with Crippen LogP contribution in [0.5, 0.6) is 0 Å². The molecule has 0 spiro atoms. The van der Waals surface area contributed by atoms with Gasteiger partial charge < -0.3 is 9.80 Å². The molecule has 0 saturated carbocycles. The van der Waals surface area contributed by atoms with E-state index < -0.39 is 0 Å². The van der Waals surface area contributed by atoms with Gasteiger partial charge in [0, 0.05) is 4.83 Å². The van der Waals surface area contributed by atoms with Gasteiger partial charge in [0.15, 0.2) is 0 Å². The molecule has 1 aliphatic rings. The lowest BCUT2D eigenvalue weighted by Gasteiger charge is -2.33. The Balaban J connectivity index is 2.09. The molecular formula is C12H25BrN2. The van der Waals surface area contributed by atoms with Crippen LogP contribution in [0.25, 0.3) is 0 Å². The highest BCUT2D eigenvalue weighted by Crippen LogP contribution is 2.24. The first kappa shape index (κ1) is 13.5. The fourth-order valence-electron chi connectivity index (χ4n) is 2.25. The average Bonchev–Trinajstić information content (AvgIpc) is 2.18. The summed E-state index contributed by atoms with van der Waals surface area (Å²) < 4.78 is 0. The minimum atomic E-state index is 0.696. The molecule has 0 amide bonds. The van der Waals surface area contributed by atoms with Crippen LogP contribution in [0.15, 0.2) is 0 Å². The van der Waals surface area contributed by atoms with E-state index in [-0.39, 0.29) is 0 Å². The standard InChI is InChI=1S/C12H25BrN2/c1-11(13)12-5-9-15(10-6-12)8-4-7-14(2)3/h11-12H,4-10H2,1-3H3. The molecule has 1 atom stereocenters. The van der Waals surface area contributed by atoms with Crippen molar-refractivity contribution in [2.24, 2.45) is 5.92 Å². The summed E-state index contributed by atoms with van der Waals surface area (Å²) in [5, 5.41) is 0. The summed E-state index contributed by atoms with van der Waals surface area (Å²) in [6.07, 6.45) is 4.05. The summed E-state index contributed by atoms with van der Waals surface area (Å²) in [5.41, 5.74) is 0. The molecule has 15 heavy (non-hydrogen) atoms. The van der Waals surface area contributed by atoms with Crippen LogP contribution < -0.4 is 0 Å². The number of hydrogen-bond acceptors (Lipinski definition) is 2. The highest BCUT2D eigenvalue weighted by molar-refractivity contribution is 9.09. The zero-order chi connectivity index (χ0) is 11.3. The van der Waals surface area contributed by atoms with Gasteiger partial charge in [0.25, 0.3) is 0 Å². The maximum atomic E-state index is 3.70. The first-order chi connectivity index (χ1) is 7.09. The minimum Gasteiger partial charge on any atom is -0.309 e. The van der Waals surface area contributed by atoms with Gasteiger partial charge in [-0.25, -0.2) is 0 Å². The molecule has 0 radical (unpaired) electrons. The van der Waals surface area contributed by atoms with E-state index in [0.717, 1.165) is 5.92 Å². The van der Waals surface area contributed by atoms with Crippen LogP contribution in [-0.2, 0) is 0 Å². The van der Waals surface area contributed by atoms with E-state index >= 15 is 0 Å². The van der Waals surface area contributed by atoms with Crippen LogP contribution in [-0.4, -0.2) is 54.9 Å². The van der Waals surface area contributed by atoms with E-state index in [4.69, 9.17) is 0 Å². The van der Waals surface area contributed by atoms with Crippen molar-refractivity contribution in [1.29, 1.82) is 0 Å². The molecule has 90 valence electrons. The zero-order valence-electron chi connectivity index (χ0n) is 10.4. The summed E-state index contributed by atoms with van der Waals surface area (Å²) in [6, 6.07) is 0. The number of rotatable bonds is 5. The van der Waals surface area contributed by atoms with Gasteiger partial charge in [-0.1, -0.05) is 22.9 Å². The normalized spacial score (nSPS) is 22.2. The summed E-state index contributed by atoms with van der Waals surface area (Å²) in [5.74, 6) is 0.898. The van der Waals surface area contributed by atoms with Crippen molar-refractivity contribution in [3.8, 4) is 0 Å². The Kier molecular flexibility index (Phi) is 6.17. The van der Waals surface area contributed by atoms with Gasteiger partial charge in [0.2, 0.25) is 0 Å². The number of piperidine rings is 1. The third-order valence-corrected chi connectivity index (χ3v) is 4.11. The second-order valence-corrected chi connectivity index (χ2v) is 6.46. The Labute approximate surface area is 103 Å². The lowest BCUT2D eigenvalue weighted by Crippen LogP contribution is -2.37. The van der Waals surface area contributed by atoms with Crippen LogP contribution in [0.1, 0.15) is 26.2 Å². The van der Waals surface area contributed by atoms with Gasteiger partial charge in [-0.3, -0.25) is 0 Å². The first-order valence-electron chi connectivity index (χ1n) is 6.10. The Morgan fingerprint density at radius 2 is 1.93 bits per heavy atom. The van der Waals surface area contributed by atoms with Crippen LogP contribution >= 0.6 is 15.9 Å². The van der Waals surface area contributed by atoms with Crippen molar-refractivity contribution in [2.75, 3.05) is 40.3 Å². The van der Waals surface area contributed by atoms with E-state index in [0.29, 0.717) is 4.83 Å². The molecule has 3 heteroatoms. The fraction of sp³-hybridized carbons (Fsp3) is 1.00. The van der Waals surface area contributed by atoms with E-state index in [1.54, 1.807) is 0 Å². The van der Waals surface area contributed by atoms with Crippen molar-refractivity contribution in [3.05, 3.63) is 0 Å². The molecule has 1 fully saturated rings. The second-order valence-electron chi connectivity index (χ2n) is 5.01. The molecule has 0 aliphatic carbocycles. The summed E-state index contributed by atoms with van der Waals surface area (Å²) >= 11 is 3.70. The molecule has 0 aromatic heterocycles. The Hall–Kier alpha value is 0.400. The first-order valence-corrected chi connectivity index (χ1v) is 7.02. The molecule has 1 aliphatic heterocycles. The van der Waals surface area contributed by atoms with Crippen molar-refractivity contribution >= 4 is 15.9 Å².